The Hall–Kier alpha value is -3.71. The van der Waals surface area contributed by atoms with Crippen LogP contribution in [0.4, 0.5) is 0 Å². The van der Waals surface area contributed by atoms with Crippen LogP contribution in [0, 0.1) is 0 Å². The molecule has 184 valence electrons. The molecule has 2 aromatic carbocycles. The van der Waals surface area contributed by atoms with Gasteiger partial charge in [0.1, 0.15) is 18.4 Å². The Balaban J connectivity index is 1.42. The Labute approximate surface area is 207 Å². The van der Waals surface area contributed by atoms with Gasteiger partial charge in [-0.05, 0) is 62.2 Å². The first-order valence-corrected chi connectivity index (χ1v) is 11.9. The lowest BCUT2D eigenvalue weighted by Crippen LogP contribution is -2.39. The van der Waals surface area contributed by atoms with Crippen molar-refractivity contribution in [3.8, 4) is 17.0 Å². The molecular weight excluding hydrogens is 442 g/mol. The van der Waals surface area contributed by atoms with E-state index in [1.54, 1.807) is 6.20 Å². The number of nitrogens with one attached hydrogen (secondary N) is 1. The number of hydrogen-bond acceptors (Lipinski definition) is 7. The Morgan fingerprint density at radius 3 is 2.43 bits per heavy atom. The van der Waals surface area contributed by atoms with Gasteiger partial charge >= 0.3 is 5.97 Å². The molecule has 1 unspecified atom stereocenters. The number of rotatable bonds is 13. The molecule has 0 aliphatic carbocycles. The number of oxime groups is 1. The average molecular weight is 476 g/mol. The van der Waals surface area contributed by atoms with E-state index < -0.39 is 0 Å². The standard InChI is InChI=1S/C28H33N3O4/c1-4-29-27(28(32)33-5-2)20-22-9-15-25(16-10-22)34-18-19-35-31-21(3)23-11-13-24(14-12-23)26-8-6-7-17-30-26/h6-17,27,29H,4-5,18-20H2,1-3H3/b31-21+. The molecule has 1 heterocycles. The van der Waals surface area contributed by atoms with Gasteiger partial charge < -0.3 is 19.6 Å². The summed E-state index contributed by atoms with van der Waals surface area (Å²) >= 11 is 0. The number of nitrogens with zero attached hydrogens (tertiary/aromatic N) is 2. The van der Waals surface area contributed by atoms with Crippen LogP contribution in [0.25, 0.3) is 11.3 Å². The van der Waals surface area contributed by atoms with Crippen LogP contribution in [0.15, 0.2) is 78.1 Å². The molecule has 3 aromatic rings. The fraction of sp³-hybridized carbons (Fsp3) is 0.321. The van der Waals surface area contributed by atoms with Gasteiger partial charge in [0.15, 0.2) is 6.61 Å². The number of likely N-dealkylation sites (N-methyl/N-ethyl adjacent to an activating group) is 1. The number of aromatic nitrogens is 1. The molecule has 0 aliphatic heterocycles. The summed E-state index contributed by atoms with van der Waals surface area (Å²) in [6.45, 7) is 7.46. The van der Waals surface area contributed by atoms with Gasteiger partial charge in [0.2, 0.25) is 0 Å². The second-order valence-electron chi connectivity index (χ2n) is 7.86. The molecular formula is C28H33N3O4. The second-order valence-corrected chi connectivity index (χ2v) is 7.86. The molecule has 35 heavy (non-hydrogen) atoms. The first kappa shape index (κ1) is 25.9. The van der Waals surface area contributed by atoms with Gasteiger partial charge in [-0.3, -0.25) is 9.78 Å². The van der Waals surface area contributed by atoms with Gasteiger partial charge in [0.25, 0.3) is 0 Å². The second kappa shape index (κ2) is 13.9. The summed E-state index contributed by atoms with van der Waals surface area (Å²) in [5, 5.41) is 7.37. The first-order valence-electron chi connectivity index (χ1n) is 11.9. The molecule has 3 rings (SSSR count). The van der Waals surface area contributed by atoms with E-state index in [0.29, 0.717) is 32.8 Å². The highest BCUT2D eigenvalue weighted by molar-refractivity contribution is 5.98. The zero-order valence-electron chi connectivity index (χ0n) is 20.6. The van der Waals surface area contributed by atoms with Gasteiger partial charge in [-0.1, -0.05) is 54.5 Å². The smallest absolute Gasteiger partial charge is 0.323 e. The number of ether oxygens (including phenoxy) is 2. The third-order valence-electron chi connectivity index (χ3n) is 5.29. The van der Waals surface area contributed by atoms with Gasteiger partial charge in [-0.2, -0.15) is 0 Å². The van der Waals surface area contributed by atoms with Crippen LogP contribution < -0.4 is 10.1 Å². The van der Waals surface area contributed by atoms with Gasteiger partial charge in [0.05, 0.1) is 18.0 Å². The third-order valence-corrected chi connectivity index (χ3v) is 5.29. The number of carbonyl (C=O) groups excluding carboxylic acids is 1. The Bertz CT molecular complexity index is 1070. The van der Waals surface area contributed by atoms with E-state index in [0.717, 1.165) is 33.8 Å². The quantitative estimate of drug-likeness (QED) is 0.168. The van der Waals surface area contributed by atoms with Crippen molar-refractivity contribution < 1.29 is 19.1 Å². The maximum atomic E-state index is 12.1. The lowest BCUT2D eigenvalue weighted by Gasteiger charge is -2.16. The van der Waals surface area contributed by atoms with E-state index in [9.17, 15) is 4.79 Å². The molecule has 0 bridgehead atoms. The van der Waals surface area contributed by atoms with Crippen LogP contribution in [0.3, 0.4) is 0 Å². The zero-order valence-corrected chi connectivity index (χ0v) is 20.6. The minimum atomic E-state index is -0.354. The molecule has 1 N–H and O–H groups in total. The number of esters is 1. The molecule has 0 fully saturated rings. The number of carbonyl (C=O) groups is 1. The fourth-order valence-corrected chi connectivity index (χ4v) is 3.49. The summed E-state index contributed by atoms with van der Waals surface area (Å²) in [6, 6.07) is 21.3. The van der Waals surface area contributed by atoms with Gasteiger partial charge in [-0.25, -0.2) is 0 Å². The van der Waals surface area contributed by atoms with Crippen LogP contribution in [-0.2, 0) is 20.8 Å². The van der Waals surface area contributed by atoms with Crippen molar-refractivity contribution in [3.63, 3.8) is 0 Å². The molecule has 7 nitrogen and oxygen atoms in total. The highest BCUT2D eigenvalue weighted by atomic mass is 16.6. The molecule has 0 radical (unpaired) electrons. The van der Waals surface area contributed by atoms with E-state index in [-0.39, 0.29) is 12.0 Å². The lowest BCUT2D eigenvalue weighted by molar-refractivity contribution is -0.145. The monoisotopic (exact) mass is 475 g/mol. The Morgan fingerprint density at radius 2 is 1.77 bits per heavy atom. The van der Waals surface area contributed by atoms with Crippen molar-refractivity contribution in [1.82, 2.24) is 10.3 Å². The molecule has 1 aromatic heterocycles. The van der Waals surface area contributed by atoms with Crippen molar-refractivity contribution in [1.29, 1.82) is 0 Å². The summed E-state index contributed by atoms with van der Waals surface area (Å²) in [4.78, 5) is 21.9. The van der Waals surface area contributed by atoms with Crippen molar-refractivity contribution in [2.75, 3.05) is 26.4 Å². The summed E-state index contributed by atoms with van der Waals surface area (Å²) < 4.78 is 10.9. The van der Waals surface area contributed by atoms with Crippen molar-refractivity contribution in [2.45, 2.75) is 33.2 Å². The maximum absolute atomic E-state index is 12.1. The number of pyridine rings is 1. The first-order chi connectivity index (χ1) is 17.1. The SMILES string of the molecule is CCNC(Cc1ccc(OCCO/N=C(\C)c2ccc(-c3ccccn3)cc2)cc1)C(=O)OCC. The summed E-state index contributed by atoms with van der Waals surface area (Å²) in [7, 11) is 0. The van der Waals surface area contributed by atoms with Crippen molar-refractivity contribution in [2.24, 2.45) is 5.16 Å². The van der Waals surface area contributed by atoms with E-state index in [1.807, 2.05) is 87.5 Å². The fourth-order valence-electron chi connectivity index (χ4n) is 3.49. The predicted octanol–water partition coefficient (Wildman–Crippen LogP) is 4.65. The normalized spacial score (nSPS) is 12.1. The summed E-state index contributed by atoms with van der Waals surface area (Å²) in [5.41, 5.74) is 4.80. The molecule has 7 heteroatoms. The molecule has 0 saturated heterocycles. The topological polar surface area (TPSA) is 82.0 Å². The number of benzene rings is 2. The molecule has 1 atom stereocenters. The molecule has 0 spiro atoms. The van der Waals surface area contributed by atoms with Crippen LogP contribution in [0.5, 0.6) is 5.75 Å². The van der Waals surface area contributed by atoms with Crippen LogP contribution >= 0.6 is 0 Å². The van der Waals surface area contributed by atoms with Crippen LogP contribution in [-0.4, -0.2) is 49.1 Å². The van der Waals surface area contributed by atoms with E-state index in [1.165, 1.54) is 0 Å². The highest BCUT2D eigenvalue weighted by Gasteiger charge is 2.18. The summed E-state index contributed by atoms with van der Waals surface area (Å²) in [6.07, 6.45) is 2.35. The molecule has 0 amide bonds. The third kappa shape index (κ3) is 8.22. The largest absolute Gasteiger partial charge is 0.490 e. The lowest BCUT2D eigenvalue weighted by atomic mass is 10.1. The van der Waals surface area contributed by atoms with E-state index >= 15 is 0 Å². The Kier molecular flexibility index (Phi) is 10.3. The average Bonchev–Trinajstić information content (AvgIpc) is 2.90. The van der Waals surface area contributed by atoms with Crippen molar-refractivity contribution >= 4 is 11.7 Å². The summed E-state index contributed by atoms with van der Waals surface area (Å²) in [5.74, 6) is 0.506. The van der Waals surface area contributed by atoms with Crippen LogP contribution in [0.2, 0.25) is 0 Å². The maximum Gasteiger partial charge on any atom is 0.323 e. The molecule has 0 aliphatic rings. The van der Waals surface area contributed by atoms with Gasteiger partial charge in [0, 0.05) is 11.8 Å². The zero-order chi connectivity index (χ0) is 24.9. The van der Waals surface area contributed by atoms with E-state index in [2.05, 4.69) is 15.5 Å². The number of hydrogen-bond donors (Lipinski definition) is 1. The molecule has 0 saturated carbocycles. The Morgan fingerprint density at radius 1 is 1.00 bits per heavy atom. The van der Waals surface area contributed by atoms with Crippen molar-refractivity contribution in [3.05, 3.63) is 84.1 Å². The minimum absolute atomic E-state index is 0.230. The van der Waals surface area contributed by atoms with Crippen LogP contribution in [0.1, 0.15) is 31.9 Å². The van der Waals surface area contributed by atoms with E-state index in [4.69, 9.17) is 14.3 Å². The van der Waals surface area contributed by atoms with Gasteiger partial charge in [-0.15, -0.1) is 0 Å². The highest BCUT2D eigenvalue weighted by Crippen LogP contribution is 2.17. The minimum Gasteiger partial charge on any atom is -0.490 e. The predicted molar refractivity (Wildman–Crippen MR) is 138 cm³/mol.